The van der Waals surface area contributed by atoms with Crippen molar-refractivity contribution in [2.45, 2.75) is 72.3 Å². The molecule has 1 fully saturated rings. The normalized spacial score (nSPS) is 29.1. The minimum absolute atomic E-state index is 0.774. The smallest absolute Gasteiger partial charge is 0.00925 e. The molecule has 16 heavy (non-hydrogen) atoms. The summed E-state index contributed by atoms with van der Waals surface area (Å²) in [7, 11) is 0. The second-order valence-electron chi connectivity index (χ2n) is 5.84. The van der Waals surface area contributed by atoms with Crippen LogP contribution in [0.1, 0.15) is 66.2 Å². The van der Waals surface area contributed by atoms with Crippen molar-refractivity contribution >= 4 is 0 Å². The minimum atomic E-state index is 0.774. The van der Waals surface area contributed by atoms with Crippen LogP contribution in [0.5, 0.6) is 0 Å². The van der Waals surface area contributed by atoms with E-state index in [0.717, 1.165) is 30.3 Å². The van der Waals surface area contributed by atoms with Gasteiger partial charge in [-0.15, -0.1) is 0 Å². The largest absolute Gasteiger partial charge is 0.314 e. The highest BCUT2D eigenvalue weighted by Crippen LogP contribution is 2.33. The van der Waals surface area contributed by atoms with Crippen LogP contribution in [0, 0.1) is 17.8 Å². The van der Waals surface area contributed by atoms with Gasteiger partial charge in [0, 0.05) is 6.04 Å². The van der Waals surface area contributed by atoms with Gasteiger partial charge in [-0.3, -0.25) is 0 Å². The third-order valence-corrected chi connectivity index (χ3v) is 4.48. The van der Waals surface area contributed by atoms with Crippen LogP contribution in [-0.2, 0) is 0 Å². The lowest BCUT2D eigenvalue weighted by molar-refractivity contribution is 0.299. The lowest BCUT2D eigenvalue weighted by atomic mass is 9.87. The molecule has 0 amide bonds. The van der Waals surface area contributed by atoms with Gasteiger partial charge in [0.25, 0.3) is 0 Å². The quantitative estimate of drug-likeness (QED) is 0.691. The Morgan fingerprint density at radius 2 is 1.62 bits per heavy atom. The predicted molar refractivity (Wildman–Crippen MR) is 72.7 cm³/mol. The molecule has 0 aromatic rings. The molecule has 0 saturated heterocycles. The SMILES string of the molecule is CCNC(CC)C1CCCC(C(C)C)CC1. The number of hydrogen-bond acceptors (Lipinski definition) is 1. The fourth-order valence-electron chi connectivity index (χ4n) is 3.33. The monoisotopic (exact) mass is 225 g/mol. The van der Waals surface area contributed by atoms with Gasteiger partial charge in [0.15, 0.2) is 0 Å². The molecule has 96 valence electrons. The molecule has 0 bridgehead atoms. The average Bonchev–Trinajstić information content (AvgIpc) is 2.51. The summed E-state index contributed by atoms with van der Waals surface area (Å²) in [6, 6.07) is 0.774. The molecule has 3 unspecified atom stereocenters. The van der Waals surface area contributed by atoms with Crippen molar-refractivity contribution in [1.82, 2.24) is 5.32 Å². The molecule has 1 N–H and O–H groups in total. The third kappa shape index (κ3) is 4.08. The van der Waals surface area contributed by atoms with Gasteiger partial charge >= 0.3 is 0 Å². The molecule has 1 rings (SSSR count). The van der Waals surface area contributed by atoms with E-state index in [0.29, 0.717) is 0 Å². The Morgan fingerprint density at radius 3 is 2.19 bits per heavy atom. The molecule has 1 aliphatic rings. The molecular formula is C15H31N. The van der Waals surface area contributed by atoms with Crippen molar-refractivity contribution in [1.29, 1.82) is 0 Å². The summed E-state index contributed by atoms with van der Waals surface area (Å²) in [6.07, 6.45) is 8.59. The Kier molecular flexibility index (Phi) is 6.41. The second-order valence-corrected chi connectivity index (χ2v) is 5.84. The first-order valence-corrected chi connectivity index (χ1v) is 7.42. The van der Waals surface area contributed by atoms with E-state index in [1.807, 2.05) is 0 Å². The van der Waals surface area contributed by atoms with Crippen molar-refractivity contribution in [2.75, 3.05) is 6.54 Å². The molecule has 0 aromatic heterocycles. The van der Waals surface area contributed by atoms with Gasteiger partial charge in [0.1, 0.15) is 0 Å². The molecule has 0 aliphatic heterocycles. The maximum absolute atomic E-state index is 3.67. The highest BCUT2D eigenvalue weighted by atomic mass is 14.9. The molecule has 1 nitrogen and oxygen atoms in total. The zero-order chi connectivity index (χ0) is 12.0. The summed E-state index contributed by atoms with van der Waals surface area (Å²) in [4.78, 5) is 0. The fourth-order valence-corrected chi connectivity index (χ4v) is 3.33. The summed E-state index contributed by atoms with van der Waals surface area (Å²) in [5.41, 5.74) is 0. The fraction of sp³-hybridized carbons (Fsp3) is 1.00. The summed E-state index contributed by atoms with van der Waals surface area (Å²) in [6.45, 7) is 10.5. The highest BCUT2D eigenvalue weighted by molar-refractivity contribution is 4.80. The Hall–Kier alpha value is -0.0400. The first-order valence-electron chi connectivity index (χ1n) is 7.42. The highest BCUT2D eigenvalue weighted by Gasteiger charge is 2.25. The number of hydrogen-bond donors (Lipinski definition) is 1. The zero-order valence-electron chi connectivity index (χ0n) is 11.8. The Bertz CT molecular complexity index is 176. The van der Waals surface area contributed by atoms with Gasteiger partial charge < -0.3 is 5.32 Å². The van der Waals surface area contributed by atoms with Gasteiger partial charge in [-0.25, -0.2) is 0 Å². The summed E-state index contributed by atoms with van der Waals surface area (Å²) < 4.78 is 0. The summed E-state index contributed by atoms with van der Waals surface area (Å²) in [5.74, 6) is 2.82. The first kappa shape index (κ1) is 14.0. The standard InChI is InChI=1S/C15H31N/c1-5-15(16-6-2)14-9-7-8-13(10-11-14)12(3)4/h12-16H,5-11H2,1-4H3. The molecule has 1 aliphatic carbocycles. The van der Waals surface area contributed by atoms with Gasteiger partial charge in [-0.2, -0.15) is 0 Å². The lowest BCUT2D eigenvalue weighted by Crippen LogP contribution is -2.35. The van der Waals surface area contributed by atoms with E-state index in [-0.39, 0.29) is 0 Å². The van der Waals surface area contributed by atoms with Crippen LogP contribution in [0.15, 0.2) is 0 Å². The maximum atomic E-state index is 3.67. The van der Waals surface area contributed by atoms with E-state index < -0.39 is 0 Å². The first-order chi connectivity index (χ1) is 7.69. The Labute approximate surface area is 102 Å². The topological polar surface area (TPSA) is 12.0 Å². The molecule has 1 saturated carbocycles. The van der Waals surface area contributed by atoms with E-state index in [1.54, 1.807) is 0 Å². The van der Waals surface area contributed by atoms with Crippen LogP contribution in [-0.4, -0.2) is 12.6 Å². The van der Waals surface area contributed by atoms with E-state index in [4.69, 9.17) is 0 Å². The van der Waals surface area contributed by atoms with E-state index >= 15 is 0 Å². The Balaban J connectivity index is 2.44. The average molecular weight is 225 g/mol. The van der Waals surface area contributed by atoms with Crippen molar-refractivity contribution < 1.29 is 0 Å². The Morgan fingerprint density at radius 1 is 1.00 bits per heavy atom. The van der Waals surface area contributed by atoms with Gasteiger partial charge in [0.05, 0.1) is 0 Å². The number of rotatable bonds is 5. The zero-order valence-corrected chi connectivity index (χ0v) is 11.8. The maximum Gasteiger partial charge on any atom is 0.00925 e. The molecule has 1 heteroatoms. The van der Waals surface area contributed by atoms with Crippen molar-refractivity contribution in [3.05, 3.63) is 0 Å². The van der Waals surface area contributed by atoms with Crippen LogP contribution in [0.4, 0.5) is 0 Å². The molecule has 0 heterocycles. The van der Waals surface area contributed by atoms with Crippen molar-refractivity contribution in [2.24, 2.45) is 17.8 Å². The molecule has 0 spiro atoms. The van der Waals surface area contributed by atoms with Crippen molar-refractivity contribution in [3.63, 3.8) is 0 Å². The van der Waals surface area contributed by atoms with Gasteiger partial charge in [0.2, 0.25) is 0 Å². The van der Waals surface area contributed by atoms with Gasteiger partial charge in [-0.05, 0) is 50.0 Å². The second kappa shape index (κ2) is 7.32. The minimum Gasteiger partial charge on any atom is -0.314 e. The van der Waals surface area contributed by atoms with E-state index in [2.05, 4.69) is 33.0 Å². The molecular weight excluding hydrogens is 194 g/mol. The molecule has 3 atom stereocenters. The van der Waals surface area contributed by atoms with Crippen LogP contribution in [0.2, 0.25) is 0 Å². The van der Waals surface area contributed by atoms with E-state index in [9.17, 15) is 0 Å². The summed E-state index contributed by atoms with van der Waals surface area (Å²) >= 11 is 0. The van der Waals surface area contributed by atoms with E-state index in [1.165, 1.54) is 38.5 Å². The van der Waals surface area contributed by atoms with Crippen LogP contribution in [0.3, 0.4) is 0 Å². The van der Waals surface area contributed by atoms with Crippen LogP contribution < -0.4 is 5.32 Å². The van der Waals surface area contributed by atoms with Gasteiger partial charge in [-0.1, -0.05) is 40.5 Å². The molecule has 0 aromatic carbocycles. The van der Waals surface area contributed by atoms with Crippen LogP contribution in [0.25, 0.3) is 0 Å². The van der Waals surface area contributed by atoms with Crippen molar-refractivity contribution in [3.8, 4) is 0 Å². The summed E-state index contributed by atoms with van der Waals surface area (Å²) in [5, 5.41) is 3.67. The third-order valence-electron chi connectivity index (χ3n) is 4.48. The molecule has 0 radical (unpaired) electrons. The lowest BCUT2D eigenvalue weighted by Gasteiger charge is -2.26. The predicted octanol–water partition coefficient (Wildman–Crippen LogP) is 4.23. The van der Waals surface area contributed by atoms with Crippen LogP contribution >= 0.6 is 0 Å². The number of nitrogens with one attached hydrogen (secondary N) is 1.